The number of rotatable bonds is 5. The predicted molar refractivity (Wildman–Crippen MR) is 87.9 cm³/mol. The maximum atomic E-state index is 11.5. The summed E-state index contributed by atoms with van der Waals surface area (Å²) in [6.07, 6.45) is -0.673. The van der Waals surface area contributed by atoms with Crippen molar-refractivity contribution in [3.63, 3.8) is 0 Å². The molecule has 0 aliphatic carbocycles. The predicted octanol–water partition coefficient (Wildman–Crippen LogP) is 4.34. The van der Waals surface area contributed by atoms with E-state index in [1.165, 1.54) is 0 Å². The molecule has 0 bridgehead atoms. The second-order valence-electron chi connectivity index (χ2n) is 5.47. The zero-order chi connectivity index (χ0) is 16.3. The van der Waals surface area contributed by atoms with Crippen molar-refractivity contribution in [3.8, 4) is 5.75 Å². The van der Waals surface area contributed by atoms with Crippen LogP contribution in [-0.2, 0) is 11.2 Å². The normalized spacial score (nSPS) is 12.0. The smallest absolute Gasteiger partial charge is 0.345 e. The third-order valence-electron chi connectivity index (χ3n) is 3.75. The Morgan fingerprint density at radius 3 is 2.41 bits per heavy atom. The van der Waals surface area contributed by atoms with Gasteiger partial charge in [0.2, 0.25) is 0 Å². The molecule has 2 rings (SSSR count). The molecule has 0 heterocycles. The lowest BCUT2D eigenvalue weighted by molar-refractivity contribution is -0.145. The first-order valence-corrected chi connectivity index (χ1v) is 7.46. The average molecular weight is 319 g/mol. The van der Waals surface area contributed by atoms with Gasteiger partial charge in [0.25, 0.3) is 0 Å². The number of carbonyl (C=O) groups is 1. The van der Waals surface area contributed by atoms with Crippen LogP contribution >= 0.6 is 11.6 Å². The van der Waals surface area contributed by atoms with Crippen molar-refractivity contribution in [2.75, 3.05) is 0 Å². The van der Waals surface area contributed by atoms with E-state index < -0.39 is 12.1 Å². The number of halogens is 1. The molecule has 3 nitrogen and oxygen atoms in total. The van der Waals surface area contributed by atoms with Crippen molar-refractivity contribution in [1.82, 2.24) is 0 Å². The van der Waals surface area contributed by atoms with Crippen LogP contribution in [0, 0.1) is 20.8 Å². The minimum Gasteiger partial charge on any atom is -0.478 e. The fourth-order valence-corrected chi connectivity index (χ4v) is 2.39. The summed E-state index contributed by atoms with van der Waals surface area (Å²) < 4.78 is 5.67. The Balaban J connectivity index is 2.21. The summed E-state index contributed by atoms with van der Waals surface area (Å²) in [5.74, 6) is -0.423. The minimum atomic E-state index is -0.988. The number of hydrogen-bond acceptors (Lipinski definition) is 2. The molecule has 0 aromatic heterocycles. The molecule has 1 N–H and O–H groups in total. The molecule has 2 aromatic carbocycles. The van der Waals surface area contributed by atoms with Gasteiger partial charge < -0.3 is 9.84 Å². The lowest BCUT2D eigenvalue weighted by atomic mass is 10.0. The SMILES string of the molecule is Cc1ccc(OC(Cc2cc(Cl)ccc2C)C(=O)O)cc1C. The quantitative estimate of drug-likeness (QED) is 0.892. The molecule has 0 spiro atoms. The lowest BCUT2D eigenvalue weighted by Crippen LogP contribution is -2.29. The van der Waals surface area contributed by atoms with E-state index in [9.17, 15) is 9.90 Å². The van der Waals surface area contributed by atoms with Gasteiger partial charge in [0.1, 0.15) is 5.75 Å². The molecule has 0 amide bonds. The second kappa shape index (κ2) is 6.84. The van der Waals surface area contributed by atoms with Gasteiger partial charge in [0, 0.05) is 11.4 Å². The maximum Gasteiger partial charge on any atom is 0.345 e. The number of ether oxygens (including phenoxy) is 1. The van der Waals surface area contributed by atoms with Crippen LogP contribution < -0.4 is 4.74 Å². The lowest BCUT2D eigenvalue weighted by Gasteiger charge is -2.17. The van der Waals surface area contributed by atoms with Gasteiger partial charge in [-0.2, -0.15) is 0 Å². The van der Waals surface area contributed by atoms with Crippen molar-refractivity contribution < 1.29 is 14.6 Å². The monoisotopic (exact) mass is 318 g/mol. The molecule has 1 atom stereocenters. The van der Waals surface area contributed by atoms with Crippen LogP contribution in [0.2, 0.25) is 5.02 Å². The number of hydrogen-bond donors (Lipinski definition) is 1. The topological polar surface area (TPSA) is 46.5 Å². The molecule has 0 radical (unpaired) electrons. The zero-order valence-electron chi connectivity index (χ0n) is 12.9. The summed E-state index contributed by atoms with van der Waals surface area (Å²) in [6, 6.07) is 11.0. The molecular weight excluding hydrogens is 300 g/mol. The van der Waals surface area contributed by atoms with E-state index in [4.69, 9.17) is 16.3 Å². The molecule has 1 unspecified atom stereocenters. The Morgan fingerprint density at radius 1 is 1.09 bits per heavy atom. The standard InChI is InChI=1S/C18H19ClO3/c1-11-5-7-16(8-13(11)3)22-17(18(20)21)10-14-9-15(19)6-4-12(14)2/h4-9,17H,10H2,1-3H3,(H,20,21). The highest BCUT2D eigenvalue weighted by Crippen LogP contribution is 2.21. The van der Waals surface area contributed by atoms with Crippen LogP contribution in [0.1, 0.15) is 22.3 Å². The molecule has 4 heteroatoms. The van der Waals surface area contributed by atoms with Crippen molar-refractivity contribution in [2.24, 2.45) is 0 Å². The zero-order valence-corrected chi connectivity index (χ0v) is 13.6. The highest BCUT2D eigenvalue weighted by molar-refractivity contribution is 6.30. The van der Waals surface area contributed by atoms with Crippen LogP contribution in [-0.4, -0.2) is 17.2 Å². The van der Waals surface area contributed by atoms with Crippen LogP contribution in [0.3, 0.4) is 0 Å². The number of benzene rings is 2. The molecular formula is C18H19ClO3. The first-order chi connectivity index (χ1) is 10.4. The number of carboxylic acids is 1. The Hall–Kier alpha value is -2.00. The Morgan fingerprint density at radius 2 is 1.77 bits per heavy atom. The summed E-state index contributed by atoms with van der Waals surface area (Å²) in [5, 5.41) is 10.0. The summed E-state index contributed by atoms with van der Waals surface area (Å²) in [5.41, 5.74) is 4.09. The van der Waals surface area contributed by atoms with Crippen LogP contribution in [0.15, 0.2) is 36.4 Å². The molecule has 0 saturated heterocycles. The first-order valence-electron chi connectivity index (χ1n) is 7.08. The molecule has 0 saturated carbocycles. The average Bonchev–Trinajstić information content (AvgIpc) is 2.45. The van der Waals surface area contributed by atoms with Gasteiger partial charge in [-0.3, -0.25) is 0 Å². The summed E-state index contributed by atoms with van der Waals surface area (Å²) in [6.45, 7) is 5.91. The molecule has 0 aliphatic rings. The van der Waals surface area contributed by atoms with Gasteiger partial charge in [-0.1, -0.05) is 23.7 Å². The number of aryl methyl sites for hydroxylation is 3. The third kappa shape index (κ3) is 4.01. The molecule has 0 fully saturated rings. The van der Waals surface area contributed by atoms with E-state index in [1.807, 2.05) is 39.0 Å². The van der Waals surface area contributed by atoms with E-state index in [2.05, 4.69) is 0 Å². The molecule has 22 heavy (non-hydrogen) atoms. The van der Waals surface area contributed by atoms with E-state index in [0.29, 0.717) is 10.8 Å². The highest BCUT2D eigenvalue weighted by Gasteiger charge is 2.21. The summed E-state index contributed by atoms with van der Waals surface area (Å²) >= 11 is 5.99. The maximum absolute atomic E-state index is 11.5. The van der Waals surface area contributed by atoms with Gasteiger partial charge in [-0.25, -0.2) is 4.79 Å². The molecule has 0 aliphatic heterocycles. The minimum absolute atomic E-state index is 0.272. The van der Waals surface area contributed by atoms with Gasteiger partial charge >= 0.3 is 5.97 Å². The summed E-state index contributed by atoms with van der Waals surface area (Å²) in [4.78, 5) is 11.5. The second-order valence-corrected chi connectivity index (χ2v) is 5.90. The largest absolute Gasteiger partial charge is 0.478 e. The van der Waals surface area contributed by atoms with Crippen LogP contribution in [0.4, 0.5) is 0 Å². The van der Waals surface area contributed by atoms with Gasteiger partial charge in [-0.05, 0) is 67.3 Å². The van der Waals surface area contributed by atoms with E-state index >= 15 is 0 Å². The summed E-state index contributed by atoms with van der Waals surface area (Å²) in [7, 11) is 0. The first kappa shape index (κ1) is 16.4. The third-order valence-corrected chi connectivity index (χ3v) is 3.98. The van der Waals surface area contributed by atoms with Gasteiger partial charge in [-0.15, -0.1) is 0 Å². The van der Waals surface area contributed by atoms with E-state index in [-0.39, 0.29) is 6.42 Å². The van der Waals surface area contributed by atoms with Crippen molar-refractivity contribution >= 4 is 17.6 Å². The van der Waals surface area contributed by atoms with Crippen molar-refractivity contribution in [2.45, 2.75) is 33.3 Å². The van der Waals surface area contributed by atoms with Crippen molar-refractivity contribution in [1.29, 1.82) is 0 Å². The molecule has 2 aromatic rings. The number of aliphatic carboxylic acids is 1. The van der Waals surface area contributed by atoms with Gasteiger partial charge in [0.15, 0.2) is 6.10 Å². The Labute approximate surface area is 135 Å². The highest BCUT2D eigenvalue weighted by atomic mass is 35.5. The Kier molecular flexibility index (Phi) is 5.09. The molecule has 116 valence electrons. The fraction of sp³-hybridized carbons (Fsp3) is 0.278. The van der Waals surface area contributed by atoms with E-state index in [1.54, 1.807) is 18.2 Å². The Bertz CT molecular complexity index is 695. The van der Waals surface area contributed by atoms with E-state index in [0.717, 1.165) is 22.3 Å². The van der Waals surface area contributed by atoms with Crippen LogP contribution in [0.5, 0.6) is 5.75 Å². The van der Waals surface area contributed by atoms with Crippen LogP contribution in [0.25, 0.3) is 0 Å². The fourth-order valence-electron chi connectivity index (χ4n) is 2.19. The van der Waals surface area contributed by atoms with Crippen molar-refractivity contribution in [3.05, 3.63) is 63.7 Å². The van der Waals surface area contributed by atoms with Gasteiger partial charge in [0.05, 0.1) is 0 Å². The number of carboxylic acid groups (broad SMARTS) is 1.